The first-order valence-electron chi connectivity index (χ1n) is 7.49. The van der Waals surface area contributed by atoms with Crippen LogP contribution in [0.5, 0.6) is 0 Å². The van der Waals surface area contributed by atoms with Crippen LogP contribution in [-0.2, 0) is 20.0 Å². The summed E-state index contributed by atoms with van der Waals surface area (Å²) < 4.78 is 3.49. The molecule has 5 heteroatoms. The fourth-order valence-electron chi connectivity index (χ4n) is 2.69. The van der Waals surface area contributed by atoms with E-state index in [2.05, 4.69) is 23.9 Å². The SMILES string of the molecule is CC(C)Cc1nn(C)c(=O)c2cn(Cc3ccncc3)cc12. The summed E-state index contributed by atoms with van der Waals surface area (Å²) in [6, 6.07) is 3.96. The number of aryl methyl sites for hydroxylation is 1. The first-order valence-corrected chi connectivity index (χ1v) is 7.49. The van der Waals surface area contributed by atoms with Gasteiger partial charge in [-0.1, -0.05) is 13.8 Å². The van der Waals surface area contributed by atoms with E-state index in [0.29, 0.717) is 5.92 Å². The standard InChI is InChI=1S/C17H20N4O/c1-12(2)8-16-14-10-21(9-13-4-6-18-7-5-13)11-15(14)17(22)20(3)19-16/h4-7,10-12H,8-9H2,1-3H3. The van der Waals surface area contributed by atoms with Crippen molar-refractivity contribution in [3.05, 3.63) is 58.5 Å². The van der Waals surface area contributed by atoms with Crippen LogP contribution in [0.2, 0.25) is 0 Å². The molecule has 0 bridgehead atoms. The van der Waals surface area contributed by atoms with Crippen LogP contribution in [0.4, 0.5) is 0 Å². The zero-order valence-corrected chi connectivity index (χ0v) is 13.2. The fraction of sp³-hybridized carbons (Fsp3) is 0.353. The molecular weight excluding hydrogens is 276 g/mol. The van der Waals surface area contributed by atoms with Crippen molar-refractivity contribution in [2.24, 2.45) is 13.0 Å². The maximum absolute atomic E-state index is 12.3. The first-order chi connectivity index (χ1) is 10.5. The molecule has 0 spiro atoms. The molecule has 0 aliphatic heterocycles. The summed E-state index contributed by atoms with van der Waals surface area (Å²) in [5, 5.41) is 6.14. The molecule has 3 heterocycles. The third kappa shape index (κ3) is 2.79. The van der Waals surface area contributed by atoms with E-state index in [1.807, 2.05) is 29.1 Å². The molecule has 22 heavy (non-hydrogen) atoms. The van der Waals surface area contributed by atoms with Crippen molar-refractivity contribution in [3.63, 3.8) is 0 Å². The molecule has 0 N–H and O–H groups in total. The second-order valence-corrected chi connectivity index (χ2v) is 6.09. The average Bonchev–Trinajstić information content (AvgIpc) is 2.89. The Morgan fingerprint density at radius 1 is 1.14 bits per heavy atom. The van der Waals surface area contributed by atoms with E-state index in [9.17, 15) is 4.79 Å². The van der Waals surface area contributed by atoms with Gasteiger partial charge in [0.1, 0.15) is 0 Å². The molecule has 0 saturated heterocycles. The second kappa shape index (κ2) is 5.75. The van der Waals surface area contributed by atoms with Crippen molar-refractivity contribution >= 4 is 10.8 Å². The van der Waals surface area contributed by atoms with Crippen molar-refractivity contribution in [1.29, 1.82) is 0 Å². The lowest BCUT2D eigenvalue weighted by Gasteiger charge is -2.07. The Hall–Kier alpha value is -2.43. The van der Waals surface area contributed by atoms with E-state index in [1.54, 1.807) is 19.4 Å². The van der Waals surface area contributed by atoms with Crippen LogP contribution in [0, 0.1) is 5.92 Å². The highest BCUT2D eigenvalue weighted by Gasteiger charge is 2.13. The Kier molecular flexibility index (Phi) is 3.79. The highest BCUT2D eigenvalue weighted by atomic mass is 16.1. The summed E-state index contributed by atoms with van der Waals surface area (Å²) >= 11 is 0. The van der Waals surface area contributed by atoms with Gasteiger partial charge >= 0.3 is 0 Å². The van der Waals surface area contributed by atoms with Crippen LogP contribution in [0.1, 0.15) is 25.1 Å². The molecule has 5 nitrogen and oxygen atoms in total. The molecule has 0 saturated carbocycles. The van der Waals surface area contributed by atoms with Crippen LogP contribution in [0.3, 0.4) is 0 Å². The minimum Gasteiger partial charge on any atom is -0.348 e. The van der Waals surface area contributed by atoms with Gasteiger partial charge < -0.3 is 4.57 Å². The number of hydrogen-bond acceptors (Lipinski definition) is 3. The van der Waals surface area contributed by atoms with E-state index >= 15 is 0 Å². The quantitative estimate of drug-likeness (QED) is 0.743. The van der Waals surface area contributed by atoms with Gasteiger partial charge in [-0.25, -0.2) is 4.68 Å². The van der Waals surface area contributed by atoms with Crippen LogP contribution in [0.15, 0.2) is 41.7 Å². The van der Waals surface area contributed by atoms with Crippen molar-refractivity contribution in [1.82, 2.24) is 19.3 Å². The zero-order chi connectivity index (χ0) is 15.7. The monoisotopic (exact) mass is 296 g/mol. The average molecular weight is 296 g/mol. The molecule has 0 unspecified atom stereocenters. The smallest absolute Gasteiger partial charge is 0.275 e. The summed E-state index contributed by atoms with van der Waals surface area (Å²) in [5.41, 5.74) is 2.10. The number of fused-ring (bicyclic) bond motifs is 1. The van der Waals surface area contributed by atoms with E-state index in [4.69, 9.17) is 0 Å². The van der Waals surface area contributed by atoms with Gasteiger partial charge in [0.15, 0.2) is 0 Å². The Bertz CT molecular complexity index is 846. The highest BCUT2D eigenvalue weighted by molar-refractivity contribution is 5.83. The topological polar surface area (TPSA) is 52.7 Å². The van der Waals surface area contributed by atoms with Crippen LogP contribution in [0.25, 0.3) is 10.8 Å². The lowest BCUT2D eigenvalue weighted by Crippen LogP contribution is -2.21. The largest absolute Gasteiger partial charge is 0.348 e. The third-order valence-electron chi connectivity index (χ3n) is 3.70. The Labute approximate surface area is 129 Å². The zero-order valence-electron chi connectivity index (χ0n) is 13.2. The Morgan fingerprint density at radius 2 is 1.82 bits per heavy atom. The van der Waals surface area contributed by atoms with Crippen molar-refractivity contribution in [3.8, 4) is 0 Å². The molecule has 0 amide bonds. The van der Waals surface area contributed by atoms with E-state index in [1.165, 1.54) is 4.68 Å². The van der Waals surface area contributed by atoms with Crippen LogP contribution in [-0.4, -0.2) is 19.3 Å². The lowest BCUT2D eigenvalue weighted by molar-refractivity contribution is 0.605. The predicted octanol–water partition coefficient (Wildman–Crippen LogP) is 2.38. The van der Waals surface area contributed by atoms with Crippen molar-refractivity contribution in [2.75, 3.05) is 0 Å². The Morgan fingerprint density at radius 3 is 2.50 bits per heavy atom. The van der Waals surface area contributed by atoms with E-state index in [-0.39, 0.29) is 5.56 Å². The number of aromatic nitrogens is 4. The molecule has 0 atom stereocenters. The molecule has 0 radical (unpaired) electrons. The van der Waals surface area contributed by atoms with Gasteiger partial charge in [0.2, 0.25) is 0 Å². The second-order valence-electron chi connectivity index (χ2n) is 6.09. The normalized spacial score (nSPS) is 11.5. The maximum atomic E-state index is 12.3. The van der Waals surface area contributed by atoms with Gasteiger partial charge in [0.05, 0.1) is 11.1 Å². The van der Waals surface area contributed by atoms with Gasteiger partial charge in [-0.2, -0.15) is 5.10 Å². The van der Waals surface area contributed by atoms with Gasteiger partial charge in [0, 0.05) is 43.8 Å². The molecule has 0 fully saturated rings. The van der Waals surface area contributed by atoms with Gasteiger partial charge in [-0.3, -0.25) is 9.78 Å². The van der Waals surface area contributed by atoms with E-state index in [0.717, 1.165) is 35.0 Å². The predicted molar refractivity (Wildman–Crippen MR) is 86.9 cm³/mol. The van der Waals surface area contributed by atoms with Gasteiger partial charge in [0.25, 0.3) is 5.56 Å². The number of hydrogen-bond donors (Lipinski definition) is 0. The Balaban J connectivity index is 2.08. The molecule has 0 aliphatic carbocycles. The summed E-state index contributed by atoms with van der Waals surface area (Å²) in [4.78, 5) is 16.3. The lowest BCUT2D eigenvalue weighted by atomic mass is 10.1. The molecular formula is C17H20N4O. The first kappa shape index (κ1) is 14.5. The molecule has 114 valence electrons. The van der Waals surface area contributed by atoms with Gasteiger partial charge in [-0.15, -0.1) is 0 Å². The van der Waals surface area contributed by atoms with Gasteiger partial charge in [-0.05, 0) is 30.0 Å². The number of rotatable bonds is 4. The third-order valence-corrected chi connectivity index (χ3v) is 3.70. The number of pyridine rings is 1. The highest BCUT2D eigenvalue weighted by Crippen LogP contribution is 2.18. The molecule has 3 rings (SSSR count). The van der Waals surface area contributed by atoms with E-state index < -0.39 is 0 Å². The summed E-state index contributed by atoms with van der Waals surface area (Å²) in [6.07, 6.45) is 8.38. The van der Waals surface area contributed by atoms with Crippen LogP contribution >= 0.6 is 0 Å². The summed E-state index contributed by atoms with van der Waals surface area (Å²) in [5.74, 6) is 0.497. The molecule has 3 aromatic heterocycles. The molecule has 3 aromatic rings. The minimum absolute atomic E-state index is 0.0454. The fourth-order valence-corrected chi connectivity index (χ4v) is 2.69. The van der Waals surface area contributed by atoms with Crippen LogP contribution < -0.4 is 5.56 Å². The van der Waals surface area contributed by atoms with Crippen molar-refractivity contribution in [2.45, 2.75) is 26.8 Å². The van der Waals surface area contributed by atoms with Crippen molar-refractivity contribution < 1.29 is 0 Å². The summed E-state index contributed by atoms with van der Waals surface area (Å²) in [6.45, 7) is 5.04. The molecule has 0 aliphatic rings. The maximum Gasteiger partial charge on any atom is 0.275 e. The summed E-state index contributed by atoms with van der Waals surface area (Å²) in [7, 11) is 1.71. The minimum atomic E-state index is -0.0454. The number of nitrogens with zero attached hydrogens (tertiary/aromatic N) is 4. The molecule has 0 aromatic carbocycles.